The number of nitrogens with zero attached hydrogens (tertiary/aromatic N) is 6. The van der Waals surface area contributed by atoms with E-state index in [1.807, 2.05) is 24.5 Å². The summed E-state index contributed by atoms with van der Waals surface area (Å²) in [7, 11) is 1.55. The minimum atomic E-state index is -0.207. The third-order valence-corrected chi connectivity index (χ3v) is 10.6. The number of hydrogen-bond donors (Lipinski definition) is 1. The van der Waals surface area contributed by atoms with Crippen LogP contribution in [0.25, 0.3) is 11.1 Å². The minimum absolute atomic E-state index is 0.0559. The van der Waals surface area contributed by atoms with Gasteiger partial charge in [-0.2, -0.15) is 4.98 Å². The van der Waals surface area contributed by atoms with Gasteiger partial charge in [-0.25, -0.2) is 15.0 Å². The molecule has 3 aromatic rings. The maximum Gasteiger partial charge on any atom is 0.316 e. The van der Waals surface area contributed by atoms with Crippen molar-refractivity contribution in [3.05, 3.63) is 48.2 Å². The lowest BCUT2D eigenvalue weighted by molar-refractivity contribution is -0.122. The van der Waals surface area contributed by atoms with Crippen molar-refractivity contribution >= 4 is 17.5 Å². The highest BCUT2D eigenvalue weighted by Gasteiger charge is 2.43. The molecule has 0 aromatic carbocycles. The average Bonchev–Trinajstić information content (AvgIpc) is 3.73. The molecule has 5 heterocycles. The zero-order valence-corrected chi connectivity index (χ0v) is 29.7. The van der Waals surface area contributed by atoms with Gasteiger partial charge >= 0.3 is 6.01 Å². The van der Waals surface area contributed by atoms with Crippen molar-refractivity contribution in [2.75, 3.05) is 43.6 Å². The van der Waals surface area contributed by atoms with Crippen LogP contribution < -0.4 is 15.0 Å². The fraction of sp³-hybridized carbons (Fsp3) is 0.632. The first-order chi connectivity index (χ1) is 23.0. The average molecular weight is 656 g/mol. The van der Waals surface area contributed by atoms with Gasteiger partial charge in [-0.05, 0) is 68.3 Å². The quantitative estimate of drug-likeness (QED) is 0.231. The number of ether oxygens (including phenoxy) is 2. The Labute approximate surface area is 285 Å². The maximum absolute atomic E-state index is 13.8. The number of rotatable bonds is 11. The van der Waals surface area contributed by atoms with Crippen LogP contribution in [0, 0.1) is 17.3 Å². The van der Waals surface area contributed by atoms with Crippen LogP contribution in [0.4, 0.5) is 11.8 Å². The summed E-state index contributed by atoms with van der Waals surface area (Å²) < 4.78 is 10.9. The smallest absolute Gasteiger partial charge is 0.316 e. The van der Waals surface area contributed by atoms with Gasteiger partial charge in [-0.1, -0.05) is 40.7 Å². The zero-order chi connectivity index (χ0) is 33.9. The second-order valence-corrected chi connectivity index (χ2v) is 15.7. The van der Waals surface area contributed by atoms with Crippen molar-refractivity contribution in [3.8, 4) is 17.1 Å². The Morgan fingerprint density at radius 2 is 1.77 bits per heavy atom. The second-order valence-electron chi connectivity index (χ2n) is 15.7. The fourth-order valence-electron chi connectivity index (χ4n) is 7.67. The third-order valence-electron chi connectivity index (χ3n) is 10.6. The standard InChI is InChI=1S/C38H53N7O3/c1-25(2)7-14-32(46)33(31-13-10-27(19-39-31)28-20-41-36(47-6)42-21-28)26-8-11-29(12-9-26)43-35-40-22-30(37(3,4)5)34(44-35)45-17-15-38(23-45)16-18-48-24-38/h10,13,19-22,25-26,29,33H,7-9,11-12,14-18,23-24H2,1-6H3,(H,40,43,44). The molecule has 6 rings (SSSR count). The van der Waals surface area contributed by atoms with E-state index in [4.69, 9.17) is 24.4 Å². The molecule has 1 aliphatic carbocycles. The van der Waals surface area contributed by atoms with Crippen molar-refractivity contribution in [3.63, 3.8) is 0 Å². The van der Waals surface area contributed by atoms with Crippen LogP contribution in [0.1, 0.15) is 103 Å². The van der Waals surface area contributed by atoms with Gasteiger partial charge in [0, 0.05) is 79.1 Å². The van der Waals surface area contributed by atoms with Crippen molar-refractivity contribution in [1.82, 2.24) is 24.9 Å². The Hall–Kier alpha value is -3.66. The van der Waals surface area contributed by atoms with Crippen LogP contribution in [-0.4, -0.2) is 70.2 Å². The van der Waals surface area contributed by atoms with E-state index in [0.29, 0.717) is 30.1 Å². The number of nitrogens with one attached hydrogen (secondary N) is 1. The lowest BCUT2D eigenvalue weighted by Crippen LogP contribution is -2.33. The normalized spacial score (nSPS) is 23.5. The molecule has 2 unspecified atom stereocenters. The second kappa shape index (κ2) is 14.4. The van der Waals surface area contributed by atoms with Gasteiger partial charge in [0.05, 0.1) is 25.3 Å². The van der Waals surface area contributed by atoms with Gasteiger partial charge in [0.1, 0.15) is 11.6 Å². The molecule has 2 atom stereocenters. The van der Waals surface area contributed by atoms with Crippen LogP contribution in [0.15, 0.2) is 36.9 Å². The number of methoxy groups -OCH3 is 1. The zero-order valence-electron chi connectivity index (χ0n) is 29.7. The van der Waals surface area contributed by atoms with Crippen molar-refractivity contribution < 1.29 is 14.3 Å². The molecule has 3 aliphatic rings. The number of carbonyl (C=O) groups excluding carboxylic acids is 1. The fourth-order valence-corrected chi connectivity index (χ4v) is 7.67. The van der Waals surface area contributed by atoms with E-state index < -0.39 is 0 Å². The molecule has 2 aliphatic heterocycles. The number of carbonyl (C=O) groups is 1. The summed E-state index contributed by atoms with van der Waals surface area (Å²) in [6, 6.07) is 4.65. The molecular formula is C38H53N7O3. The Morgan fingerprint density at radius 1 is 1.02 bits per heavy atom. The summed E-state index contributed by atoms with van der Waals surface area (Å²) in [6.07, 6.45) is 14.9. The minimum Gasteiger partial charge on any atom is -0.467 e. The predicted octanol–water partition coefficient (Wildman–Crippen LogP) is 7.01. The number of Topliss-reactive ketones (excluding diaryl/α,β-unsaturated/α-hetero) is 1. The van der Waals surface area contributed by atoms with E-state index in [9.17, 15) is 4.79 Å². The van der Waals surface area contributed by atoms with Crippen LogP contribution in [0.2, 0.25) is 0 Å². The molecule has 0 radical (unpaired) electrons. The highest BCUT2D eigenvalue weighted by molar-refractivity contribution is 5.85. The molecule has 0 amide bonds. The lowest BCUT2D eigenvalue weighted by Gasteiger charge is -2.34. The van der Waals surface area contributed by atoms with Crippen molar-refractivity contribution in [2.45, 2.75) is 103 Å². The van der Waals surface area contributed by atoms with E-state index >= 15 is 0 Å². The molecular weight excluding hydrogens is 602 g/mol. The van der Waals surface area contributed by atoms with Crippen LogP contribution >= 0.6 is 0 Å². The number of pyridine rings is 1. The molecule has 1 saturated carbocycles. The maximum atomic E-state index is 13.8. The highest BCUT2D eigenvalue weighted by Crippen LogP contribution is 2.43. The number of aromatic nitrogens is 5. The van der Waals surface area contributed by atoms with E-state index in [2.05, 4.69) is 54.8 Å². The Morgan fingerprint density at radius 3 is 2.40 bits per heavy atom. The van der Waals surface area contributed by atoms with Gasteiger partial charge < -0.3 is 19.7 Å². The first kappa shape index (κ1) is 34.2. The predicted molar refractivity (Wildman–Crippen MR) is 188 cm³/mol. The summed E-state index contributed by atoms with van der Waals surface area (Å²) in [5, 5.41) is 3.69. The number of anilines is 2. The molecule has 3 fully saturated rings. The van der Waals surface area contributed by atoms with Crippen LogP contribution in [0.5, 0.6) is 6.01 Å². The molecule has 0 bridgehead atoms. The van der Waals surface area contributed by atoms with E-state index in [0.717, 1.165) is 93.9 Å². The third kappa shape index (κ3) is 7.80. The van der Waals surface area contributed by atoms with Crippen LogP contribution in [0.3, 0.4) is 0 Å². The summed E-state index contributed by atoms with van der Waals surface area (Å²) in [5.41, 5.74) is 4.03. The molecule has 48 heavy (non-hydrogen) atoms. The SMILES string of the molecule is COc1ncc(-c2ccc(C(C(=O)CCC(C)C)C3CCC(Nc4ncc(C(C)(C)C)c(N5CCC6(CCOC6)C5)n4)CC3)nc2)cn1. The van der Waals surface area contributed by atoms with Crippen LogP contribution in [-0.2, 0) is 14.9 Å². The van der Waals surface area contributed by atoms with E-state index in [1.54, 1.807) is 19.5 Å². The topological polar surface area (TPSA) is 115 Å². The van der Waals surface area contributed by atoms with Gasteiger partial charge in [-0.15, -0.1) is 0 Å². The Bertz CT molecular complexity index is 1520. The van der Waals surface area contributed by atoms with Gasteiger partial charge in [0.25, 0.3) is 0 Å². The van der Waals surface area contributed by atoms with Gasteiger partial charge in [0.2, 0.25) is 5.95 Å². The van der Waals surface area contributed by atoms with Crippen molar-refractivity contribution in [2.24, 2.45) is 17.3 Å². The summed E-state index contributed by atoms with van der Waals surface area (Å²) in [4.78, 5) is 39.6. The Kier molecular flexibility index (Phi) is 10.3. The monoisotopic (exact) mass is 655 g/mol. The molecule has 2 saturated heterocycles. The summed E-state index contributed by atoms with van der Waals surface area (Å²) >= 11 is 0. The molecule has 1 spiro atoms. The molecule has 1 N–H and O–H groups in total. The summed E-state index contributed by atoms with van der Waals surface area (Å²) in [6.45, 7) is 14.8. The first-order valence-electron chi connectivity index (χ1n) is 17.9. The largest absolute Gasteiger partial charge is 0.467 e. The first-order valence-corrected chi connectivity index (χ1v) is 17.9. The number of ketones is 1. The molecule has 258 valence electrons. The van der Waals surface area contributed by atoms with Gasteiger partial charge in [-0.3, -0.25) is 9.78 Å². The van der Waals surface area contributed by atoms with E-state index in [1.165, 1.54) is 5.56 Å². The Balaban J connectivity index is 1.15. The lowest BCUT2D eigenvalue weighted by atomic mass is 9.74. The van der Waals surface area contributed by atoms with E-state index in [-0.39, 0.29) is 28.7 Å². The molecule has 10 heteroatoms. The molecule has 3 aromatic heterocycles. The van der Waals surface area contributed by atoms with Crippen molar-refractivity contribution in [1.29, 1.82) is 0 Å². The summed E-state index contributed by atoms with van der Waals surface area (Å²) in [5.74, 6) is 2.59. The van der Waals surface area contributed by atoms with Gasteiger partial charge in [0.15, 0.2) is 0 Å². The number of hydrogen-bond acceptors (Lipinski definition) is 10. The highest BCUT2D eigenvalue weighted by atomic mass is 16.5. The molecule has 10 nitrogen and oxygen atoms in total.